The van der Waals surface area contributed by atoms with Crippen LogP contribution in [0.4, 0.5) is 0 Å². The minimum absolute atomic E-state index is 0.0140. The quantitative estimate of drug-likeness (QED) is 0.354. The molecule has 0 aromatic heterocycles. The Hall–Kier alpha value is -2.70. The fourth-order valence-electron chi connectivity index (χ4n) is 4.97. The number of carbonyl (C=O) groups is 2. The highest BCUT2D eigenvalue weighted by Crippen LogP contribution is 2.39. The minimum atomic E-state index is -2.62. The van der Waals surface area contributed by atoms with Crippen molar-refractivity contribution in [3.8, 4) is 0 Å². The molecule has 0 spiro atoms. The molecule has 5 nitrogen and oxygen atoms in total. The van der Waals surface area contributed by atoms with E-state index >= 15 is 0 Å². The minimum Gasteiger partial charge on any atom is -0.467 e. The van der Waals surface area contributed by atoms with Gasteiger partial charge in [-0.3, -0.25) is 4.79 Å². The molecule has 34 heavy (non-hydrogen) atoms. The average Bonchev–Trinajstić information content (AvgIpc) is 2.82. The number of esters is 1. The van der Waals surface area contributed by atoms with Crippen LogP contribution in [-0.4, -0.2) is 39.4 Å². The number of ether oxygens (including phenoxy) is 1. The summed E-state index contributed by atoms with van der Waals surface area (Å²) < 4.78 is 12.1. The molecule has 3 rings (SSSR count). The molecule has 0 heterocycles. The van der Waals surface area contributed by atoms with Crippen LogP contribution in [0.5, 0.6) is 0 Å². The van der Waals surface area contributed by atoms with Crippen molar-refractivity contribution in [1.29, 1.82) is 0 Å². The zero-order chi connectivity index (χ0) is 24.8. The molecule has 1 aliphatic carbocycles. The van der Waals surface area contributed by atoms with Crippen molar-refractivity contribution < 1.29 is 18.8 Å². The van der Waals surface area contributed by atoms with E-state index in [1.54, 1.807) is 0 Å². The van der Waals surface area contributed by atoms with Crippen LogP contribution >= 0.6 is 0 Å². The van der Waals surface area contributed by atoms with Gasteiger partial charge in [-0.05, 0) is 40.6 Å². The molecule has 1 N–H and O–H groups in total. The summed E-state index contributed by atoms with van der Waals surface area (Å²) in [6, 6.07) is 20.7. The molecule has 0 fully saturated rings. The predicted octanol–water partition coefficient (Wildman–Crippen LogP) is 3.97. The van der Waals surface area contributed by atoms with Crippen LogP contribution in [0.1, 0.15) is 47.0 Å². The first-order valence-electron chi connectivity index (χ1n) is 12.0. The van der Waals surface area contributed by atoms with E-state index in [2.05, 4.69) is 86.8 Å². The second-order valence-electron chi connectivity index (χ2n) is 10.1. The lowest BCUT2D eigenvalue weighted by atomic mass is 9.89. The standard InChI is InChI=1S/C28H37NO4Si/c1-21(30)29-26(27(31)32-5)20-22-16-18-23(19-17-22)33-34(28(2,3)4,24-12-8-6-9-13-24)25-14-10-7-11-15-25/h6-16,18,22-23,26H,17,19-20H2,1-5H3,(H,29,30)/t22-,23+,26-/m0/s1. The van der Waals surface area contributed by atoms with E-state index in [4.69, 9.17) is 9.16 Å². The third-order valence-corrected chi connectivity index (χ3v) is 11.6. The van der Waals surface area contributed by atoms with Gasteiger partial charge in [0.25, 0.3) is 8.32 Å². The van der Waals surface area contributed by atoms with Gasteiger partial charge in [0.1, 0.15) is 6.04 Å². The van der Waals surface area contributed by atoms with E-state index in [-0.39, 0.29) is 23.0 Å². The Balaban J connectivity index is 1.88. The molecule has 182 valence electrons. The molecule has 0 aliphatic heterocycles. The van der Waals surface area contributed by atoms with Gasteiger partial charge < -0.3 is 14.5 Å². The van der Waals surface area contributed by atoms with Crippen molar-refractivity contribution in [3.63, 3.8) is 0 Å². The molecule has 2 aromatic rings. The van der Waals surface area contributed by atoms with Crippen molar-refractivity contribution in [1.82, 2.24) is 5.32 Å². The molecule has 0 bridgehead atoms. The molecule has 0 saturated carbocycles. The van der Waals surface area contributed by atoms with E-state index in [0.717, 1.165) is 12.8 Å². The number of benzene rings is 2. The number of rotatable bonds is 8. The molecule has 0 unspecified atom stereocenters. The highest BCUT2D eigenvalue weighted by atomic mass is 28.4. The third kappa shape index (κ3) is 5.86. The number of amides is 1. The molecular weight excluding hydrogens is 442 g/mol. The largest absolute Gasteiger partial charge is 0.467 e. The number of hydrogen-bond donors (Lipinski definition) is 1. The lowest BCUT2D eigenvalue weighted by Crippen LogP contribution is -2.67. The van der Waals surface area contributed by atoms with Crippen LogP contribution in [-0.2, 0) is 18.8 Å². The Morgan fingerprint density at radius 1 is 0.971 bits per heavy atom. The van der Waals surface area contributed by atoms with Crippen LogP contribution in [0, 0.1) is 5.92 Å². The fraction of sp³-hybridized carbons (Fsp3) is 0.429. The number of methoxy groups -OCH3 is 1. The number of allylic oxidation sites excluding steroid dienone is 1. The zero-order valence-corrected chi connectivity index (χ0v) is 21.9. The van der Waals surface area contributed by atoms with Crippen molar-refractivity contribution >= 4 is 30.6 Å². The molecular formula is C28H37NO4Si. The summed E-state index contributed by atoms with van der Waals surface area (Å²) in [6.07, 6.45) is 6.54. The van der Waals surface area contributed by atoms with Gasteiger partial charge >= 0.3 is 5.97 Å². The van der Waals surface area contributed by atoms with Crippen molar-refractivity contribution in [2.75, 3.05) is 7.11 Å². The molecule has 1 aliphatic rings. The second-order valence-corrected chi connectivity index (χ2v) is 14.3. The van der Waals surface area contributed by atoms with E-state index in [9.17, 15) is 9.59 Å². The van der Waals surface area contributed by atoms with Gasteiger partial charge in [-0.2, -0.15) is 0 Å². The SMILES string of the molecule is COC(=O)[C@H](C[C@H]1C=C[C@@H](O[Si](c2ccccc2)(c2ccccc2)C(C)(C)C)CC1)NC(C)=O. The van der Waals surface area contributed by atoms with Gasteiger partial charge in [0, 0.05) is 6.92 Å². The first kappa shape index (κ1) is 25.9. The van der Waals surface area contributed by atoms with Gasteiger partial charge in [-0.25, -0.2) is 4.79 Å². The van der Waals surface area contributed by atoms with E-state index in [0.29, 0.717) is 6.42 Å². The molecule has 1 amide bonds. The van der Waals surface area contributed by atoms with E-state index < -0.39 is 20.3 Å². The summed E-state index contributed by atoms with van der Waals surface area (Å²) >= 11 is 0. The molecule has 0 radical (unpaired) electrons. The highest BCUT2D eigenvalue weighted by Gasteiger charge is 2.51. The molecule has 3 atom stereocenters. The zero-order valence-electron chi connectivity index (χ0n) is 20.9. The smallest absolute Gasteiger partial charge is 0.328 e. The summed E-state index contributed by atoms with van der Waals surface area (Å²) in [7, 11) is -1.27. The van der Waals surface area contributed by atoms with Gasteiger partial charge in [0.2, 0.25) is 5.91 Å². The van der Waals surface area contributed by atoms with Crippen LogP contribution in [0.3, 0.4) is 0 Å². The summed E-state index contributed by atoms with van der Waals surface area (Å²) in [5.74, 6) is -0.465. The summed E-state index contributed by atoms with van der Waals surface area (Å²) in [5, 5.41) is 5.17. The Morgan fingerprint density at radius 3 is 1.94 bits per heavy atom. The van der Waals surface area contributed by atoms with E-state index in [1.165, 1.54) is 24.4 Å². The summed E-state index contributed by atoms with van der Waals surface area (Å²) in [6.45, 7) is 8.26. The van der Waals surface area contributed by atoms with Gasteiger partial charge in [-0.1, -0.05) is 93.6 Å². The average molecular weight is 480 g/mol. The monoisotopic (exact) mass is 479 g/mol. The first-order chi connectivity index (χ1) is 16.2. The van der Waals surface area contributed by atoms with Gasteiger partial charge in [0.05, 0.1) is 13.2 Å². The Labute approximate surface area is 204 Å². The maximum atomic E-state index is 12.1. The maximum Gasteiger partial charge on any atom is 0.328 e. The Morgan fingerprint density at radius 2 is 1.53 bits per heavy atom. The summed E-state index contributed by atoms with van der Waals surface area (Å²) in [4.78, 5) is 23.7. The lowest BCUT2D eigenvalue weighted by molar-refractivity contribution is -0.145. The highest BCUT2D eigenvalue weighted by molar-refractivity contribution is 6.99. The van der Waals surface area contributed by atoms with Gasteiger partial charge in [-0.15, -0.1) is 0 Å². The van der Waals surface area contributed by atoms with Crippen molar-refractivity contribution in [2.24, 2.45) is 5.92 Å². The maximum absolute atomic E-state index is 12.1. The van der Waals surface area contributed by atoms with Crippen LogP contribution < -0.4 is 15.7 Å². The van der Waals surface area contributed by atoms with Crippen molar-refractivity contribution in [2.45, 2.75) is 64.1 Å². The Bertz CT molecular complexity index is 945. The topological polar surface area (TPSA) is 64.6 Å². The third-order valence-electron chi connectivity index (χ3n) is 6.57. The van der Waals surface area contributed by atoms with Crippen LogP contribution in [0.2, 0.25) is 5.04 Å². The predicted molar refractivity (Wildman–Crippen MR) is 139 cm³/mol. The van der Waals surface area contributed by atoms with Crippen molar-refractivity contribution in [3.05, 3.63) is 72.8 Å². The molecule has 0 saturated heterocycles. The number of carbonyl (C=O) groups excluding carboxylic acids is 2. The normalized spacial score (nSPS) is 19.3. The second kappa shape index (κ2) is 11.1. The summed E-state index contributed by atoms with van der Waals surface area (Å²) in [5.41, 5.74) is 0. The van der Waals surface area contributed by atoms with Crippen LogP contribution in [0.25, 0.3) is 0 Å². The number of nitrogens with one attached hydrogen (secondary N) is 1. The van der Waals surface area contributed by atoms with Gasteiger partial charge in [0.15, 0.2) is 0 Å². The lowest BCUT2D eigenvalue weighted by Gasteiger charge is -2.45. The Kier molecular flexibility index (Phi) is 8.50. The van der Waals surface area contributed by atoms with Crippen LogP contribution in [0.15, 0.2) is 72.8 Å². The van der Waals surface area contributed by atoms with E-state index in [1.807, 2.05) is 12.1 Å². The molecule has 2 aromatic carbocycles. The number of hydrogen-bond acceptors (Lipinski definition) is 4. The first-order valence-corrected chi connectivity index (χ1v) is 13.9. The molecule has 6 heteroatoms. The fourth-order valence-corrected chi connectivity index (χ4v) is 9.63.